The van der Waals surface area contributed by atoms with E-state index in [1.54, 1.807) is 0 Å². The van der Waals surface area contributed by atoms with Crippen LogP contribution in [-0.4, -0.2) is 4.98 Å². The van der Waals surface area contributed by atoms with Crippen molar-refractivity contribution in [2.45, 2.75) is 13.8 Å². The highest BCUT2D eigenvalue weighted by atomic mass is 19.1. The Hall–Kier alpha value is -3.60. The van der Waals surface area contributed by atoms with Gasteiger partial charge in [0.05, 0.1) is 5.56 Å². The van der Waals surface area contributed by atoms with E-state index in [1.807, 2.05) is 62.0 Å². The van der Waals surface area contributed by atoms with E-state index >= 15 is 0 Å². The number of nitrogens with zero attached hydrogens (tertiary/aromatic N) is 2. The highest BCUT2D eigenvalue weighted by Gasteiger charge is 2.22. The Morgan fingerprint density at radius 2 is 1.70 bits per heavy atom. The number of pyridine rings is 2. The molecule has 0 saturated heterocycles. The molecule has 30 heavy (non-hydrogen) atoms. The van der Waals surface area contributed by atoms with Gasteiger partial charge in [-0.15, -0.1) is 0 Å². The van der Waals surface area contributed by atoms with E-state index in [4.69, 9.17) is 4.42 Å². The number of benzene rings is 2. The van der Waals surface area contributed by atoms with Crippen molar-refractivity contribution in [3.8, 4) is 22.4 Å². The van der Waals surface area contributed by atoms with Crippen molar-refractivity contribution in [1.82, 2.24) is 4.98 Å². The van der Waals surface area contributed by atoms with Crippen LogP contribution < -0.4 is 4.57 Å². The number of hydrogen-bond acceptors (Lipinski definition) is 2. The Bertz CT molecular complexity index is 1450. The minimum Gasteiger partial charge on any atom is -0.437 e. The maximum Gasteiger partial charge on any atom is 0.227 e. The van der Waals surface area contributed by atoms with Crippen molar-refractivity contribution >= 4 is 22.1 Å². The molecule has 3 aromatic heterocycles. The molecule has 148 valence electrons. The van der Waals surface area contributed by atoms with Gasteiger partial charge in [-0.25, -0.2) is 18.3 Å². The zero-order valence-electron chi connectivity index (χ0n) is 16.8. The number of hydrogen-bond donors (Lipinski definition) is 0. The second-order valence-corrected chi connectivity index (χ2v) is 7.58. The molecule has 0 aliphatic heterocycles. The summed E-state index contributed by atoms with van der Waals surface area (Å²) in [4.78, 5) is 4.53. The zero-order chi connectivity index (χ0) is 21.0. The molecule has 0 radical (unpaired) electrons. The maximum atomic E-state index is 14.4. The van der Waals surface area contributed by atoms with Crippen molar-refractivity contribution in [3.05, 3.63) is 83.7 Å². The molecule has 0 N–H and O–H groups in total. The van der Waals surface area contributed by atoms with Gasteiger partial charge in [-0.1, -0.05) is 12.1 Å². The minimum absolute atomic E-state index is 0.352. The number of fused-ring (bicyclic) bond motifs is 3. The molecule has 0 spiro atoms. The summed E-state index contributed by atoms with van der Waals surface area (Å²) in [5.41, 5.74) is 6.08. The van der Waals surface area contributed by atoms with Crippen LogP contribution in [0.15, 0.2) is 65.2 Å². The van der Waals surface area contributed by atoms with E-state index in [0.29, 0.717) is 16.8 Å². The maximum absolute atomic E-state index is 14.4. The molecule has 0 unspecified atom stereocenters. The lowest BCUT2D eigenvalue weighted by atomic mass is 9.98. The van der Waals surface area contributed by atoms with Crippen LogP contribution in [0.1, 0.15) is 11.3 Å². The topological polar surface area (TPSA) is 29.9 Å². The van der Waals surface area contributed by atoms with E-state index in [0.717, 1.165) is 44.9 Å². The second kappa shape index (κ2) is 6.73. The molecule has 0 atom stereocenters. The third kappa shape index (κ3) is 2.86. The third-order valence-corrected chi connectivity index (χ3v) is 5.50. The van der Waals surface area contributed by atoms with Crippen LogP contribution in [-0.2, 0) is 7.05 Å². The van der Waals surface area contributed by atoms with Crippen LogP contribution >= 0.6 is 0 Å². The molecule has 5 aromatic rings. The molecule has 5 heteroatoms. The lowest BCUT2D eigenvalue weighted by Gasteiger charge is -2.08. The standard InChI is InChI=1S/C25H19F2N2O/c1-14-4-7-19-20-8-5-15(2)28-25(20)30-24(19)23(14)22-12-16(10-11-29(22)3)18-9-6-17(26)13-21(18)27/h4-13H,1-3H3/q+1. The Morgan fingerprint density at radius 1 is 0.900 bits per heavy atom. The molecular weight excluding hydrogens is 382 g/mol. The Balaban J connectivity index is 1.79. The zero-order valence-corrected chi connectivity index (χ0v) is 16.8. The molecular formula is C25H19F2N2O+. The van der Waals surface area contributed by atoms with Gasteiger partial charge >= 0.3 is 0 Å². The summed E-state index contributed by atoms with van der Waals surface area (Å²) in [7, 11) is 1.93. The monoisotopic (exact) mass is 401 g/mol. The van der Waals surface area contributed by atoms with Crippen molar-refractivity contribution in [2.75, 3.05) is 0 Å². The van der Waals surface area contributed by atoms with Crippen LogP contribution in [0.2, 0.25) is 0 Å². The molecule has 2 aromatic carbocycles. The summed E-state index contributed by atoms with van der Waals surface area (Å²) in [6.07, 6.45) is 1.87. The van der Waals surface area contributed by atoms with Crippen LogP contribution in [0.4, 0.5) is 8.78 Å². The second-order valence-electron chi connectivity index (χ2n) is 7.58. The Kier molecular flexibility index (Phi) is 4.13. The van der Waals surface area contributed by atoms with E-state index in [9.17, 15) is 8.78 Å². The van der Waals surface area contributed by atoms with Gasteiger partial charge < -0.3 is 4.42 Å². The molecule has 0 fully saturated rings. The summed E-state index contributed by atoms with van der Waals surface area (Å²) < 4.78 is 35.9. The number of furan rings is 1. The number of rotatable bonds is 2. The SMILES string of the molecule is Cc1ccc2c(n1)oc1c(-c3cc(-c4ccc(F)cc4F)cc[n+]3C)c(C)ccc12. The fourth-order valence-corrected chi connectivity index (χ4v) is 3.94. The van der Waals surface area contributed by atoms with Crippen molar-refractivity contribution in [3.63, 3.8) is 0 Å². The largest absolute Gasteiger partial charge is 0.437 e. The van der Waals surface area contributed by atoms with E-state index in [-0.39, 0.29) is 0 Å². The van der Waals surface area contributed by atoms with E-state index in [1.165, 1.54) is 12.1 Å². The van der Waals surface area contributed by atoms with Gasteiger partial charge in [0, 0.05) is 40.2 Å². The van der Waals surface area contributed by atoms with Gasteiger partial charge in [-0.3, -0.25) is 0 Å². The highest BCUT2D eigenvalue weighted by molar-refractivity contribution is 6.08. The van der Waals surface area contributed by atoms with Crippen LogP contribution in [0.25, 0.3) is 44.5 Å². The molecule has 0 amide bonds. The first-order valence-electron chi connectivity index (χ1n) is 9.67. The van der Waals surface area contributed by atoms with Crippen molar-refractivity contribution < 1.29 is 17.8 Å². The molecule has 3 heterocycles. The van der Waals surface area contributed by atoms with Gasteiger partial charge in [0.2, 0.25) is 11.4 Å². The summed E-state index contributed by atoms with van der Waals surface area (Å²) >= 11 is 0. The van der Waals surface area contributed by atoms with Crippen LogP contribution in [0.3, 0.4) is 0 Å². The van der Waals surface area contributed by atoms with Gasteiger partial charge in [0.15, 0.2) is 11.8 Å². The quantitative estimate of drug-likeness (QED) is 0.338. The number of halogens is 2. The average molecular weight is 401 g/mol. The predicted molar refractivity (Wildman–Crippen MR) is 113 cm³/mol. The summed E-state index contributed by atoms with van der Waals surface area (Å²) in [6.45, 7) is 3.95. The Labute approximate surface area is 172 Å². The van der Waals surface area contributed by atoms with Crippen molar-refractivity contribution in [1.29, 1.82) is 0 Å². The van der Waals surface area contributed by atoms with E-state index in [2.05, 4.69) is 11.1 Å². The lowest BCUT2D eigenvalue weighted by Crippen LogP contribution is -2.30. The van der Waals surface area contributed by atoms with Gasteiger partial charge in [-0.2, -0.15) is 0 Å². The smallest absolute Gasteiger partial charge is 0.227 e. The minimum atomic E-state index is -0.594. The first-order chi connectivity index (χ1) is 14.4. The molecule has 0 bridgehead atoms. The predicted octanol–water partition coefficient (Wildman–Crippen LogP) is 6.03. The Morgan fingerprint density at radius 3 is 2.50 bits per heavy atom. The number of aryl methyl sites for hydroxylation is 3. The molecule has 0 saturated carbocycles. The molecule has 5 rings (SSSR count). The van der Waals surface area contributed by atoms with Gasteiger partial charge in [0.25, 0.3) is 0 Å². The third-order valence-electron chi connectivity index (χ3n) is 5.50. The fourth-order valence-electron chi connectivity index (χ4n) is 3.94. The first kappa shape index (κ1) is 18.4. The van der Waals surface area contributed by atoms with Crippen LogP contribution in [0, 0.1) is 25.5 Å². The normalized spacial score (nSPS) is 11.5. The molecule has 0 aliphatic rings. The lowest BCUT2D eigenvalue weighted by molar-refractivity contribution is -0.660. The van der Waals surface area contributed by atoms with Gasteiger partial charge in [0.1, 0.15) is 18.7 Å². The van der Waals surface area contributed by atoms with Gasteiger partial charge in [-0.05, 0) is 49.2 Å². The van der Waals surface area contributed by atoms with Crippen LogP contribution in [0.5, 0.6) is 0 Å². The highest BCUT2D eigenvalue weighted by Crippen LogP contribution is 2.37. The molecule has 0 aliphatic carbocycles. The molecule has 3 nitrogen and oxygen atoms in total. The first-order valence-corrected chi connectivity index (χ1v) is 9.67. The fraction of sp³-hybridized carbons (Fsp3) is 0.120. The average Bonchev–Trinajstić information content (AvgIpc) is 3.06. The van der Waals surface area contributed by atoms with E-state index < -0.39 is 11.6 Å². The number of aromatic nitrogens is 2. The summed E-state index contributed by atoms with van der Waals surface area (Å²) in [6, 6.07) is 15.4. The summed E-state index contributed by atoms with van der Waals surface area (Å²) in [5, 5.41) is 1.94. The summed E-state index contributed by atoms with van der Waals surface area (Å²) in [5.74, 6) is -1.18. The van der Waals surface area contributed by atoms with Crippen molar-refractivity contribution in [2.24, 2.45) is 7.05 Å².